The van der Waals surface area contributed by atoms with Crippen LogP contribution in [0, 0.1) is 10.1 Å². The molecule has 42 heavy (non-hydrogen) atoms. The van der Waals surface area contributed by atoms with Crippen molar-refractivity contribution < 1.29 is 23.6 Å². The highest BCUT2D eigenvalue weighted by molar-refractivity contribution is 5.91. The lowest BCUT2D eigenvalue weighted by Crippen LogP contribution is -2.40. The second kappa shape index (κ2) is 11.2. The first-order valence-corrected chi connectivity index (χ1v) is 13.1. The number of esters is 1. The summed E-state index contributed by atoms with van der Waals surface area (Å²) in [4.78, 5) is 48.6. The Morgan fingerprint density at radius 1 is 1.14 bits per heavy atom. The number of nitrogens with one attached hydrogen (secondary N) is 2. The number of ether oxygens (including phenoxy) is 2. The predicted molar refractivity (Wildman–Crippen MR) is 155 cm³/mol. The number of fused-ring (bicyclic) bond motifs is 1. The molecule has 4 aromatic rings. The largest absolute Gasteiger partial charge is 0.576 e. The molecule has 3 heterocycles. The summed E-state index contributed by atoms with van der Waals surface area (Å²) in [6.07, 6.45) is 1.62. The van der Waals surface area contributed by atoms with Crippen molar-refractivity contribution in [1.82, 2.24) is 14.5 Å². The van der Waals surface area contributed by atoms with Crippen LogP contribution in [-0.2, 0) is 13.9 Å². The van der Waals surface area contributed by atoms with Crippen LogP contribution in [0.2, 0.25) is 0 Å². The average molecular weight is 573 g/mol. The molecule has 2 aromatic heterocycles. The number of allylic oxidation sites excluding steroid dienone is 1. The van der Waals surface area contributed by atoms with Gasteiger partial charge in [-0.1, -0.05) is 0 Å². The van der Waals surface area contributed by atoms with Gasteiger partial charge in [-0.15, -0.1) is 0 Å². The normalized spacial score (nSPS) is 14.8. The van der Waals surface area contributed by atoms with Gasteiger partial charge in [0.2, 0.25) is 5.62 Å². The fourth-order valence-corrected chi connectivity index (χ4v) is 4.96. The molecule has 0 bridgehead atoms. The molecule has 12 heteroatoms. The molecule has 0 saturated heterocycles. The van der Waals surface area contributed by atoms with E-state index in [1.807, 2.05) is 38.5 Å². The SMILES string of the molecule is CCOC(=O)C1=C(C)N=c2[nH]/c(=C\c3ccc(-c4cc([N+](=O)[O-])ccc4OC)[nH]3)c(=O)n2C1c1ccc([O+](C)C)cc1. The molecule has 2 aromatic carbocycles. The molecule has 0 spiro atoms. The summed E-state index contributed by atoms with van der Waals surface area (Å²) >= 11 is 0. The number of non-ortho nitro benzene ring substituents is 1. The van der Waals surface area contributed by atoms with Crippen LogP contribution in [0.4, 0.5) is 5.69 Å². The summed E-state index contributed by atoms with van der Waals surface area (Å²) in [7, 11) is 5.18. The molecule has 1 atom stereocenters. The maximum atomic E-state index is 13.9. The van der Waals surface area contributed by atoms with Crippen LogP contribution in [0.5, 0.6) is 11.5 Å². The lowest BCUT2D eigenvalue weighted by molar-refractivity contribution is -0.384. The van der Waals surface area contributed by atoms with Gasteiger partial charge < -0.3 is 23.8 Å². The zero-order valence-electron chi connectivity index (χ0n) is 23.8. The van der Waals surface area contributed by atoms with Crippen molar-refractivity contribution in [1.29, 1.82) is 0 Å². The number of nitro benzene ring substituents is 1. The van der Waals surface area contributed by atoms with E-state index >= 15 is 0 Å². The van der Waals surface area contributed by atoms with E-state index in [2.05, 4.69) is 19.3 Å². The number of nitro groups is 1. The van der Waals surface area contributed by atoms with Crippen LogP contribution in [0.25, 0.3) is 17.3 Å². The summed E-state index contributed by atoms with van der Waals surface area (Å²) < 4.78 is 15.0. The third-order valence-corrected chi connectivity index (χ3v) is 6.97. The predicted octanol–water partition coefficient (Wildman–Crippen LogP) is 3.50. The number of rotatable bonds is 8. The highest BCUT2D eigenvalue weighted by Gasteiger charge is 2.33. The van der Waals surface area contributed by atoms with E-state index in [1.54, 1.807) is 32.1 Å². The van der Waals surface area contributed by atoms with Gasteiger partial charge >= 0.3 is 5.97 Å². The minimum atomic E-state index is -0.767. The Bertz CT molecular complexity index is 1890. The van der Waals surface area contributed by atoms with E-state index in [1.165, 1.54) is 29.9 Å². The fraction of sp³-hybridized carbons (Fsp3) is 0.233. The summed E-state index contributed by atoms with van der Waals surface area (Å²) in [5.74, 6) is 0.799. The first kappa shape index (κ1) is 28.1. The number of aromatic amines is 2. The van der Waals surface area contributed by atoms with Gasteiger partial charge in [0.1, 0.15) is 11.1 Å². The number of nitrogens with zero attached hydrogens (tertiary/aromatic N) is 3. The van der Waals surface area contributed by atoms with Crippen LogP contribution in [0.1, 0.15) is 31.1 Å². The van der Waals surface area contributed by atoms with Crippen molar-refractivity contribution in [2.45, 2.75) is 19.9 Å². The zero-order chi connectivity index (χ0) is 30.1. The average Bonchev–Trinajstić information content (AvgIpc) is 3.56. The first-order valence-electron chi connectivity index (χ1n) is 13.1. The number of hydrogen-bond acceptors (Lipinski definition) is 7. The van der Waals surface area contributed by atoms with Crippen molar-refractivity contribution in [3.63, 3.8) is 0 Å². The monoisotopic (exact) mass is 572 g/mol. The molecule has 2 N–H and O–H groups in total. The second-order valence-corrected chi connectivity index (χ2v) is 9.77. The molecule has 0 amide bonds. The molecule has 0 fully saturated rings. The van der Waals surface area contributed by atoms with E-state index in [0.717, 1.165) is 5.75 Å². The molecule has 216 valence electrons. The van der Waals surface area contributed by atoms with Crippen molar-refractivity contribution in [2.24, 2.45) is 4.99 Å². The topological polar surface area (TPSA) is 147 Å². The number of aromatic nitrogens is 3. The Hall–Kier alpha value is -5.39. The Morgan fingerprint density at radius 2 is 1.88 bits per heavy atom. The number of carbonyl (C=O) groups is 1. The molecular formula is C30H30N5O7+. The fourth-order valence-electron chi connectivity index (χ4n) is 4.96. The third-order valence-electron chi connectivity index (χ3n) is 6.97. The van der Waals surface area contributed by atoms with E-state index in [-0.39, 0.29) is 28.8 Å². The van der Waals surface area contributed by atoms with Crippen LogP contribution in [0.3, 0.4) is 0 Å². The second-order valence-electron chi connectivity index (χ2n) is 9.77. The Morgan fingerprint density at radius 3 is 2.52 bits per heavy atom. The number of benzene rings is 2. The highest BCUT2D eigenvalue weighted by atomic mass is 16.7. The van der Waals surface area contributed by atoms with Gasteiger partial charge in [-0.3, -0.25) is 19.5 Å². The van der Waals surface area contributed by atoms with Gasteiger partial charge in [-0.2, -0.15) is 0 Å². The minimum absolute atomic E-state index is 0.0775. The number of methoxy groups -OCH3 is 1. The van der Waals surface area contributed by atoms with Gasteiger partial charge in [-0.05, 0) is 55.8 Å². The zero-order valence-corrected chi connectivity index (χ0v) is 23.8. The summed E-state index contributed by atoms with van der Waals surface area (Å²) in [6, 6.07) is 14.5. The van der Waals surface area contributed by atoms with Crippen LogP contribution >= 0.6 is 0 Å². The molecular weight excluding hydrogens is 542 g/mol. The molecule has 0 aliphatic carbocycles. The molecule has 0 radical (unpaired) electrons. The van der Waals surface area contributed by atoms with Gasteiger partial charge in [0, 0.05) is 41.2 Å². The maximum Gasteiger partial charge on any atom is 0.338 e. The van der Waals surface area contributed by atoms with Gasteiger partial charge in [-0.25, -0.2) is 9.79 Å². The number of carbonyl (C=O) groups excluding carboxylic acids is 1. The molecule has 1 unspecified atom stereocenters. The molecule has 5 rings (SSSR count). The van der Waals surface area contributed by atoms with Gasteiger partial charge in [0.25, 0.3) is 17.0 Å². The standard InChI is InChI=1S/C30H29N5O7/c1-6-41-29(37)26-17(2)31-30-33-24(28(36)34(30)27(26)18-7-11-21(12-8-18)42(4)5)15-19-9-13-23(32-19)22-16-20(35(38)39)10-14-25(22)40-3/h7-16,27H,6H2,1-5H3,(H-,31,32,33,36,37)/p+1. The molecule has 1 aliphatic heterocycles. The summed E-state index contributed by atoms with van der Waals surface area (Å²) in [6.45, 7) is 3.61. The lowest BCUT2D eigenvalue weighted by atomic mass is 9.96. The third kappa shape index (κ3) is 5.09. The van der Waals surface area contributed by atoms with E-state index in [9.17, 15) is 19.7 Å². The number of imidazole rings is 1. The number of hydrogen-bond donors (Lipinski definition) is 2. The Kier molecular flexibility index (Phi) is 7.53. The Labute approximate surface area is 240 Å². The quantitative estimate of drug-likeness (QED) is 0.143. The van der Waals surface area contributed by atoms with Crippen molar-refractivity contribution in [3.05, 3.63) is 109 Å². The van der Waals surface area contributed by atoms with E-state index in [4.69, 9.17) is 9.47 Å². The molecule has 12 nitrogen and oxygen atoms in total. The van der Waals surface area contributed by atoms with Crippen LogP contribution < -0.4 is 21.3 Å². The van der Waals surface area contributed by atoms with E-state index in [0.29, 0.717) is 39.6 Å². The first-order chi connectivity index (χ1) is 20.1. The molecule has 1 aliphatic rings. The lowest BCUT2D eigenvalue weighted by Gasteiger charge is -2.24. The Balaban J connectivity index is 1.62. The highest BCUT2D eigenvalue weighted by Crippen LogP contribution is 2.34. The maximum absolute atomic E-state index is 13.9. The minimum Gasteiger partial charge on any atom is -0.576 e. The smallest absolute Gasteiger partial charge is 0.338 e. The van der Waals surface area contributed by atoms with Crippen molar-refractivity contribution >= 4 is 17.7 Å². The summed E-state index contributed by atoms with van der Waals surface area (Å²) in [5, 5.41) is 11.6. The van der Waals surface area contributed by atoms with Crippen LogP contribution in [0.15, 0.2) is 75.7 Å². The van der Waals surface area contributed by atoms with E-state index < -0.39 is 16.9 Å². The van der Waals surface area contributed by atoms with Crippen molar-refractivity contribution in [2.75, 3.05) is 27.9 Å². The number of H-pyrrole nitrogens is 2. The summed E-state index contributed by atoms with van der Waals surface area (Å²) in [5.41, 5.74) is 2.90. The van der Waals surface area contributed by atoms with Gasteiger partial charge in [0.15, 0.2) is 14.2 Å². The van der Waals surface area contributed by atoms with Crippen LogP contribution in [-0.4, -0.2) is 53.4 Å². The van der Waals surface area contributed by atoms with Crippen molar-refractivity contribution in [3.8, 4) is 22.8 Å². The van der Waals surface area contributed by atoms with Gasteiger partial charge in [0.05, 0.1) is 36.0 Å². The molecule has 0 saturated carbocycles.